The number of hydrogen-bond donors (Lipinski definition) is 0. The van der Waals surface area contributed by atoms with E-state index in [9.17, 15) is 4.79 Å². The van der Waals surface area contributed by atoms with Gasteiger partial charge < -0.3 is 0 Å². The highest BCUT2D eigenvalue weighted by Crippen LogP contribution is 2.66. The first-order valence-electron chi connectivity index (χ1n) is 4.36. The van der Waals surface area contributed by atoms with Gasteiger partial charge in [0.2, 0.25) is 5.12 Å². The summed E-state index contributed by atoms with van der Waals surface area (Å²) in [4.78, 5) is 11.5. The molecule has 0 aromatic carbocycles. The third-order valence-electron chi connectivity index (χ3n) is 2.60. The number of carbonyl (C=O) groups excluding carboxylic acids is 1. The smallest absolute Gasteiger partial charge is 0.207 e. The number of hydrogen-bond acceptors (Lipinski definition) is 2. The minimum atomic E-state index is -0.139. The van der Waals surface area contributed by atoms with Crippen LogP contribution in [0.15, 0.2) is 0 Å². The van der Waals surface area contributed by atoms with Crippen LogP contribution in [0.1, 0.15) is 41.5 Å². The summed E-state index contributed by atoms with van der Waals surface area (Å²) in [5.41, 5.74) is 0.153. The van der Waals surface area contributed by atoms with Crippen LogP contribution in [-0.2, 0) is 4.79 Å². The molecular formula is C10H18OS. The molecule has 0 unspecified atom stereocenters. The van der Waals surface area contributed by atoms with Crippen LogP contribution in [0.5, 0.6) is 0 Å². The lowest BCUT2D eigenvalue weighted by Crippen LogP contribution is -2.42. The van der Waals surface area contributed by atoms with Crippen LogP contribution in [-0.4, -0.2) is 9.86 Å². The summed E-state index contributed by atoms with van der Waals surface area (Å²) in [5, 5.41) is 0.363. The third kappa shape index (κ3) is 1.12. The minimum absolute atomic E-state index is 0.0764. The van der Waals surface area contributed by atoms with Crippen LogP contribution in [0.4, 0.5) is 0 Å². The van der Waals surface area contributed by atoms with Gasteiger partial charge in [-0.05, 0) is 10.8 Å². The Kier molecular flexibility index (Phi) is 1.92. The van der Waals surface area contributed by atoms with E-state index in [2.05, 4.69) is 41.5 Å². The molecule has 0 N–H and O–H groups in total. The predicted molar refractivity (Wildman–Crippen MR) is 54.2 cm³/mol. The van der Waals surface area contributed by atoms with Crippen molar-refractivity contribution >= 4 is 16.9 Å². The van der Waals surface area contributed by atoms with Crippen molar-refractivity contribution in [3.8, 4) is 0 Å². The fraction of sp³-hybridized carbons (Fsp3) is 0.900. The van der Waals surface area contributed by atoms with Gasteiger partial charge in [0.1, 0.15) is 4.75 Å². The first-order chi connectivity index (χ1) is 5.13. The van der Waals surface area contributed by atoms with Crippen molar-refractivity contribution in [2.75, 3.05) is 0 Å². The van der Waals surface area contributed by atoms with E-state index in [1.165, 1.54) is 11.8 Å². The van der Waals surface area contributed by atoms with Crippen LogP contribution in [0.2, 0.25) is 0 Å². The maximum absolute atomic E-state index is 11.5. The van der Waals surface area contributed by atoms with E-state index in [-0.39, 0.29) is 15.6 Å². The molecular weight excluding hydrogens is 168 g/mol. The molecule has 1 fully saturated rings. The second-order valence-electron chi connectivity index (χ2n) is 5.57. The average molecular weight is 186 g/mol. The Morgan fingerprint density at radius 2 is 1.25 bits per heavy atom. The van der Waals surface area contributed by atoms with Crippen LogP contribution >= 0.6 is 11.8 Å². The molecule has 1 nitrogen and oxygen atoms in total. The van der Waals surface area contributed by atoms with E-state index in [1.54, 1.807) is 0 Å². The number of rotatable bonds is 0. The van der Waals surface area contributed by atoms with Crippen LogP contribution in [0, 0.1) is 10.8 Å². The molecule has 1 saturated heterocycles. The van der Waals surface area contributed by atoms with Gasteiger partial charge in [0.15, 0.2) is 0 Å². The molecule has 1 aliphatic rings. The summed E-state index contributed by atoms with van der Waals surface area (Å²) in [6.45, 7) is 12.9. The second kappa shape index (κ2) is 2.28. The topological polar surface area (TPSA) is 17.1 Å². The molecule has 0 atom stereocenters. The molecule has 1 aliphatic heterocycles. The molecule has 0 bridgehead atoms. The van der Waals surface area contributed by atoms with Crippen molar-refractivity contribution < 1.29 is 4.79 Å². The number of carbonyl (C=O) groups is 1. The van der Waals surface area contributed by atoms with Gasteiger partial charge in [0, 0.05) is 0 Å². The molecule has 0 amide bonds. The molecule has 1 heterocycles. The zero-order chi connectivity index (χ0) is 9.78. The zero-order valence-electron chi connectivity index (χ0n) is 8.82. The molecule has 70 valence electrons. The van der Waals surface area contributed by atoms with Gasteiger partial charge >= 0.3 is 0 Å². The Balaban J connectivity index is 3.04. The van der Waals surface area contributed by atoms with Gasteiger partial charge in [-0.25, -0.2) is 0 Å². The largest absolute Gasteiger partial charge is 0.286 e. The predicted octanol–water partition coefficient (Wildman–Crippen LogP) is 3.09. The van der Waals surface area contributed by atoms with E-state index < -0.39 is 0 Å². The molecule has 0 spiro atoms. The minimum Gasteiger partial charge on any atom is -0.286 e. The Morgan fingerprint density at radius 3 is 1.25 bits per heavy atom. The van der Waals surface area contributed by atoms with E-state index in [0.29, 0.717) is 5.12 Å². The Labute approximate surface area is 79.3 Å². The third-order valence-corrected chi connectivity index (χ3v) is 4.61. The monoisotopic (exact) mass is 186 g/mol. The van der Waals surface area contributed by atoms with Gasteiger partial charge in [0.05, 0.1) is 0 Å². The normalized spacial score (nSPS) is 22.7. The maximum Gasteiger partial charge on any atom is 0.207 e. The van der Waals surface area contributed by atoms with E-state index in [4.69, 9.17) is 0 Å². The lowest BCUT2D eigenvalue weighted by molar-refractivity contribution is -0.113. The average Bonchev–Trinajstić information content (AvgIpc) is 2.36. The lowest BCUT2D eigenvalue weighted by atomic mass is 9.67. The summed E-state index contributed by atoms with van der Waals surface area (Å²) >= 11 is 1.51. The molecule has 1 rings (SSSR count). The second-order valence-corrected chi connectivity index (χ2v) is 6.76. The Hall–Kier alpha value is 0.0200. The first kappa shape index (κ1) is 10.1. The van der Waals surface area contributed by atoms with Crippen LogP contribution in [0.3, 0.4) is 0 Å². The highest BCUT2D eigenvalue weighted by molar-refractivity contribution is 8.26. The highest BCUT2D eigenvalue weighted by Gasteiger charge is 2.68. The summed E-state index contributed by atoms with van der Waals surface area (Å²) in [7, 11) is 0. The Morgan fingerprint density at radius 1 is 1.00 bits per heavy atom. The summed E-state index contributed by atoms with van der Waals surface area (Å²) in [6.07, 6.45) is 0. The zero-order valence-corrected chi connectivity index (χ0v) is 9.63. The van der Waals surface area contributed by atoms with Crippen LogP contribution in [0.25, 0.3) is 0 Å². The standard InChI is InChI=1S/C10H18OS/c1-8(2,3)10(7(11)12-10)9(4,5)6/h1-6H3. The van der Waals surface area contributed by atoms with Gasteiger partial charge in [0.25, 0.3) is 0 Å². The highest BCUT2D eigenvalue weighted by atomic mass is 32.2. The van der Waals surface area contributed by atoms with Gasteiger partial charge in [-0.2, -0.15) is 0 Å². The quantitative estimate of drug-likeness (QED) is 0.541. The molecule has 0 saturated carbocycles. The molecule has 2 heteroatoms. The van der Waals surface area contributed by atoms with E-state index >= 15 is 0 Å². The van der Waals surface area contributed by atoms with Gasteiger partial charge in [-0.3, -0.25) is 4.79 Å². The summed E-state index contributed by atoms with van der Waals surface area (Å²) in [6, 6.07) is 0. The van der Waals surface area contributed by atoms with Crippen molar-refractivity contribution in [2.24, 2.45) is 10.8 Å². The fourth-order valence-electron chi connectivity index (χ4n) is 2.16. The fourth-order valence-corrected chi connectivity index (χ4v) is 3.61. The van der Waals surface area contributed by atoms with Crippen molar-refractivity contribution in [3.05, 3.63) is 0 Å². The van der Waals surface area contributed by atoms with Crippen molar-refractivity contribution in [3.63, 3.8) is 0 Å². The molecule has 0 aromatic heterocycles. The Bertz CT molecular complexity index is 203. The van der Waals surface area contributed by atoms with Crippen molar-refractivity contribution in [1.29, 1.82) is 0 Å². The van der Waals surface area contributed by atoms with E-state index in [1.807, 2.05) is 0 Å². The molecule has 0 aliphatic carbocycles. The number of thioether (sulfide) groups is 1. The van der Waals surface area contributed by atoms with Crippen molar-refractivity contribution in [1.82, 2.24) is 0 Å². The summed E-state index contributed by atoms with van der Waals surface area (Å²) in [5.74, 6) is 0. The lowest BCUT2D eigenvalue weighted by Gasteiger charge is -2.37. The van der Waals surface area contributed by atoms with Gasteiger partial charge in [-0.1, -0.05) is 53.3 Å². The van der Waals surface area contributed by atoms with Gasteiger partial charge in [-0.15, -0.1) is 0 Å². The molecule has 0 radical (unpaired) electrons. The van der Waals surface area contributed by atoms with E-state index in [0.717, 1.165) is 0 Å². The maximum atomic E-state index is 11.5. The van der Waals surface area contributed by atoms with Crippen molar-refractivity contribution in [2.45, 2.75) is 46.3 Å². The van der Waals surface area contributed by atoms with Crippen LogP contribution < -0.4 is 0 Å². The molecule has 0 aromatic rings. The summed E-state index contributed by atoms with van der Waals surface area (Å²) < 4.78 is -0.139. The SMILES string of the molecule is CC(C)(C)C1(C(C)(C)C)SC1=O. The molecule has 12 heavy (non-hydrogen) atoms. The first-order valence-corrected chi connectivity index (χ1v) is 5.18.